The summed E-state index contributed by atoms with van der Waals surface area (Å²) in [6, 6.07) is 0. The molecule has 0 saturated heterocycles. The molecule has 0 bridgehead atoms. The van der Waals surface area contributed by atoms with Crippen LogP contribution >= 0.6 is 0 Å². The predicted molar refractivity (Wildman–Crippen MR) is 134 cm³/mol. The Morgan fingerprint density at radius 2 is 0.867 bits per heavy atom. The van der Waals surface area contributed by atoms with Crippen molar-refractivity contribution >= 4 is 45.2 Å². The Morgan fingerprint density at radius 3 is 1.00 bits per heavy atom. The fourth-order valence-corrected chi connectivity index (χ4v) is 22.4. The van der Waals surface area contributed by atoms with Crippen molar-refractivity contribution in [3.63, 3.8) is 0 Å². The lowest BCUT2D eigenvalue weighted by atomic mass is 9.98. The number of rotatable bonds is 12. The van der Waals surface area contributed by atoms with Gasteiger partial charge in [-0.25, -0.2) is 9.59 Å². The molecule has 2 atom stereocenters. The molecule has 176 valence electrons. The zero-order valence-electron chi connectivity index (χ0n) is 21.1. The molecule has 30 heavy (non-hydrogen) atoms. The van der Waals surface area contributed by atoms with Crippen LogP contribution in [0.1, 0.15) is 26.7 Å². The number of carbonyl (C=O) groups is 2. The van der Waals surface area contributed by atoms with Crippen molar-refractivity contribution < 1.29 is 28.0 Å². The first kappa shape index (κ1) is 29.5. The maximum Gasteiger partial charge on any atom is 0.332 e. The Hall–Kier alpha value is -0.532. The third-order valence-corrected chi connectivity index (χ3v) is 18.9. The van der Waals surface area contributed by atoms with Gasteiger partial charge in [-0.3, -0.25) is 0 Å². The van der Waals surface area contributed by atoms with Gasteiger partial charge in [-0.2, -0.15) is 0 Å². The van der Waals surface area contributed by atoms with Crippen LogP contribution in [0.5, 0.6) is 0 Å². The van der Waals surface area contributed by atoms with Crippen molar-refractivity contribution in [3.05, 3.63) is 11.1 Å². The van der Waals surface area contributed by atoms with E-state index in [4.69, 9.17) is 8.23 Å². The molecule has 10 heteroatoms. The monoisotopic (exact) mass is 492 g/mol. The SMILES string of the molecule is CCC(C(C(=O)O)=C(C(=O)O)C(CC)[Si](C)(C)O[Si](C)(C)C)[Si](C)(C)O[Si](C)(C)C. The molecule has 0 amide bonds. The lowest BCUT2D eigenvalue weighted by Gasteiger charge is -2.41. The third kappa shape index (κ3) is 8.54. The number of carboxylic acid groups (broad SMARTS) is 2. The third-order valence-electron chi connectivity index (χ3n) is 5.08. The van der Waals surface area contributed by atoms with Crippen LogP contribution in [-0.2, 0) is 17.8 Å². The van der Waals surface area contributed by atoms with Crippen molar-refractivity contribution in [1.82, 2.24) is 0 Å². The summed E-state index contributed by atoms with van der Waals surface area (Å²) >= 11 is 0. The fraction of sp³-hybridized carbons (Fsp3) is 0.800. The van der Waals surface area contributed by atoms with Crippen LogP contribution in [0, 0.1) is 0 Å². The first-order valence-electron chi connectivity index (χ1n) is 10.8. The molecular weight excluding hydrogens is 449 g/mol. The number of hydrogen-bond acceptors (Lipinski definition) is 4. The van der Waals surface area contributed by atoms with Gasteiger partial charge in [0.1, 0.15) is 0 Å². The zero-order valence-corrected chi connectivity index (χ0v) is 25.1. The van der Waals surface area contributed by atoms with Gasteiger partial charge in [0.05, 0.1) is 11.1 Å². The minimum Gasteiger partial charge on any atom is -0.478 e. The predicted octanol–water partition coefficient (Wildman–Crippen LogP) is 6.13. The van der Waals surface area contributed by atoms with Gasteiger partial charge in [-0.15, -0.1) is 0 Å². The molecule has 0 aliphatic heterocycles. The minimum atomic E-state index is -2.52. The number of carboxylic acids is 2. The van der Waals surface area contributed by atoms with Crippen molar-refractivity contribution in [1.29, 1.82) is 0 Å². The lowest BCUT2D eigenvalue weighted by molar-refractivity contribution is -0.136. The van der Waals surface area contributed by atoms with Crippen LogP contribution < -0.4 is 0 Å². The summed E-state index contributed by atoms with van der Waals surface area (Å²) in [5, 5.41) is 20.5. The summed E-state index contributed by atoms with van der Waals surface area (Å²) in [4.78, 5) is 25.1. The van der Waals surface area contributed by atoms with E-state index in [-0.39, 0.29) is 11.1 Å². The second kappa shape index (κ2) is 10.4. The van der Waals surface area contributed by atoms with Crippen molar-refractivity contribution in [3.8, 4) is 0 Å². The van der Waals surface area contributed by atoms with Crippen molar-refractivity contribution in [2.24, 2.45) is 0 Å². The van der Waals surface area contributed by atoms with E-state index in [1.165, 1.54) is 0 Å². The van der Waals surface area contributed by atoms with E-state index >= 15 is 0 Å². The van der Waals surface area contributed by atoms with E-state index in [1.807, 2.05) is 40.0 Å². The summed E-state index contributed by atoms with van der Waals surface area (Å²) in [5.41, 5.74) is -0.741. The summed E-state index contributed by atoms with van der Waals surface area (Å²) < 4.78 is 13.0. The highest BCUT2D eigenvalue weighted by atomic mass is 28.4. The van der Waals surface area contributed by atoms with Crippen molar-refractivity contribution in [2.75, 3.05) is 0 Å². The molecule has 0 saturated carbocycles. The molecule has 2 unspecified atom stereocenters. The standard InChI is InChI=1S/C20H44O6Si4/c1-13-15(29(9,10)25-27(3,4)5)17(19(21)22)18(20(23)24)16(14-2)30(11,12)26-28(6,7)8/h15-16H,13-14H2,1-12H3,(H,21,22)(H,23,24). The van der Waals surface area contributed by atoms with E-state index in [1.54, 1.807) is 0 Å². The molecule has 0 rings (SSSR count). The Bertz CT molecular complexity index is 603. The summed E-state index contributed by atoms with van der Waals surface area (Å²) in [5.74, 6) is -2.29. The normalized spacial score (nSPS) is 16.7. The molecule has 0 fully saturated rings. The zero-order chi connectivity index (χ0) is 24.3. The second-order valence-electron chi connectivity index (χ2n) is 11.0. The van der Waals surface area contributed by atoms with Crippen LogP contribution in [0.3, 0.4) is 0 Å². The summed E-state index contributed by atoms with van der Waals surface area (Å²) in [6.07, 6.45) is 1.07. The fourth-order valence-electron chi connectivity index (χ4n) is 4.71. The van der Waals surface area contributed by atoms with E-state index in [0.29, 0.717) is 12.8 Å². The Labute approximate surface area is 187 Å². The average molecular weight is 493 g/mol. The smallest absolute Gasteiger partial charge is 0.332 e. The van der Waals surface area contributed by atoms with E-state index in [2.05, 4.69) is 39.3 Å². The maximum atomic E-state index is 12.5. The molecule has 6 nitrogen and oxygen atoms in total. The molecule has 0 aliphatic rings. The molecule has 0 radical (unpaired) electrons. The minimum absolute atomic E-state index is 0.0338. The van der Waals surface area contributed by atoms with Crippen molar-refractivity contribution in [2.45, 2.75) is 103 Å². The maximum absolute atomic E-state index is 12.5. The highest BCUT2D eigenvalue weighted by Gasteiger charge is 2.47. The summed E-state index contributed by atoms with van der Waals surface area (Å²) in [6.45, 7) is 24.4. The lowest BCUT2D eigenvalue weighted by Crippen LogP contribution is -2.49. The van der Waals surface area contributed by atoms with Crippen LogP contribution in [0.2, 0.25) is 76.6 Å². The Balaban J connectivity index is 6.89. The van der Waals surface area contributed by atoms with Gasteiger partial charge in [-0.1, -0.05) is 13.8 Å². The number of hydrogen-bond donors (Lipinski definition) is 2. The van der Waals surface area contributed by atoms with Gasteiger partial charge in [0.25, 0.3) is 0 Å². The van der Waals surface area contributed by atoms with Gasteiger partial charge >= 0.3 is 11.9 Å². The Kier molecular flexibility index (Phi) is 10.2. The molecule has 0 heterocycles. The molecule has 0 spiro atoms. The number of aliphatic carboxylic acids is 2. The first-order chi connectivity index (χ1) is 13.2. The molecule has 2 N–H and O–H groups in total. The molecule has 0 aromatic carbocycles. The van der Waals surface area contributed by atoms with Gasteiger partial charge < -0.3 is 18.4 Å². The van der Waals surface area contributed by atoms with Gasteiger partial charge in [-0.05, 0) is 78.3 Å². The first-order valence-corrected chi connectivity index (χ1v) is 23.6. The Morgan fingerprint density at radius 1 is 0.633 bits per heavy atom. The highest BCUT2D eigenvalue weighted by molar-refractivity contribution is 6.86. The van der Waals surface area contributed by atoms with Gasteiger partial charge in [0.15, 0.2) is 33.3 Å². The molecule has 0 aromatic rings. The largest absolute Gasteiger partial charge is 0.478 e. The summed E-state index contributed by atoms with van der Waals surface area (Å²) in [7, 11) is -8.91. The molecular formula is C20H44O6Si4. The van der Waals surface area contributed by atoms with E-state index < -0.39 is 56.3 Å². The highest BCUT2D eigenvalue weighted by Crippen LogP contribution is 2.44. The molecule has 0 aromatic heterocycles. The quantitative estimate of drug-likeness (QED) is 0.251. The van der Waals surface area contributed by atoms with Crippen LogP contribution in [-0.4, -0.2) is 55.4 Å². The topological polar surface area (TPSA) is 93.1 Å². The van der Waals surface area contributed by atoms with Crippen LogP contribution in [0.15, 0.2) is 11.1 Å². The van der Waals surface area contributed by atoms with Crippen LogP contribution in [0.4, 0.5) is 0 Å². The van der Waals surface area contributed by atoms with E-state index in [9.17, 15) is 19.8 Å². The van der Waals surface area contributed by atoms with Gasteiger partial charge in [0, 0.05) is 11.1 Å². The van der Waals surface area contributed by atoms with Gasteiger partial charge in [0.2, 0.25) is 0 Å². The molecule has 0 aliphatic carbocycles. The average Bonchev–Trinajstić information content (AvgIpc) is 2.44. The second-order valence-corrected chi connectivity index (χ2v) is 28.9. The van der Waals surface area contributed by atoms with E-state index in [0.717, 1.165) is 0 Å². The van der Waals surface area contributed by atoms with Crippen LogP contribution in [0.25, 0.3) is 0 Å².